The highest BCUT2D eigenvalue weighted by Crippen LogP contribution is 2.38. The van der Waals surface area contributed by atoms with Gasteiger partial charge in [-0.05, 0) is 66.3 Å². The van der Waals surface area contributed by atoms with E-state index in [0.29, 0.717) is 18.1 Å². The van der Waals surface area contributed by atoms with Crippen LogP contribution >= 0.6 is 0 Å². The molecule has 36 heavy (non-hydrogen) atoms. The molecule has 0 aromatic heterocycles. The Labute approximate surface area is 208 Å². The van der Waals surface area contributed by atoms with Crippen molar-refractivity contribution in [2.24, 2.45) is 5.92 Å². The molecule has 4 rings (SSSR count). The standard InChI is InChI=1S/C29H29F5O2/c1-2-3-19-4-6-20(7-5-19)21-8-10-22(11-9-21)23-12-14-24(15-13-23)35-18-29(33,34)36-25-16-26(30)28(32)27(31)17-25/h8-17,19-20H,2-7,18H2,1H3. The van der Waals surface area contributed by atoms with Crippen molar-refractivity contribution in [3.05, 3.63) is 83.7 Å². The van der Waals surface area contributed by atoms with Gasteiger partial charge in [0.25, 0.3) is 0 Å². The molecule has 1 fully saturated rings. The van der Waals surface area contributed by atoms with E-state index in [1.807, 2.05) is 0 Å². The molecule has 7 heteroatoms. The van der Waals surface area contributed by atoms with Crippen LogP contribution in [0.5, 0.6) is 11.5 Å². The fourth-order valence-corrected chi connectivity index (χ4v) is 4.84. The Morgan fingerprint density at radius 1 is 0.778 bits per heavy atom. The molecular weight excluding hydrogens is 475 g/mol. The van der Waals surface area contributed by atoms with Crippen LogP contribution in [-0.4, -0.2) is 12.7 Å². The number of hydrogen-bond donors (Lipinski definition) is 0. The van der Waals surface area contributed by atoms with Gasteiger partial charge in [-0.3, -0.25) is 0 Å². The van der Waals surface area contributed by atoms with Crippen LogP contribution in [0.1, 0.15) is 56.9 Å². The summed E-state index contributed by atoms with van der Waals surface area (Å²) in [6, 6.07) is 15.9. The number of benzene rings is 3. The molecule has 0 saturated heterocycles. The Morgan fingerprint density at radius 2 is 1.33 bits per heavy atom. The minimum absolute atomic E-state index is 0.180. The highest BCUT2D eigenvalue weighted by atomic mass is 19.3. The second kappa shape index (κ2) is 11.3. The molecule has 0 amide bonds. The van der Waals surface area contributed by atoms with E-state index in [1.165, 1.54) is 44.1 Å². The van der Waals surface area contributed by atoms with Crippen LogP contribution < -0.4 is 9.47 Å². The predicted molar refractivity (Wildman–Crippen MR) is 129 cm³/mol. The van der Waals surface area contributed by atoms with Crippen LogP contribution in [0.4, 0.5) is 22.0 Å². The molecule has 0 bridgehead atoms. The van der Waals surface area contributed by atoms with Crippen LogP contribution in [-0.2, 0) is 0 Å². The smallest absolute Gasteiger partial charge is 0.433 e. The molecule has 0 aliphatic heterocycles. The zero-order valence-corrected chi connectivity index (χ0v) is 20.1. The molecule has 0 spiro atoms. The number of hydrogen-bond acceptors (Lipinski definition) is 2. The van der Waals surface area contributed by atoms with Crippen LogP contribution in [0.15, 0.2) is 60.7 Å². The molecule has 0 atom stereocenters. The van der Waals surface area contributed by atoms with Crippen molar-refractivity contribution >= 4 is 0 Å². The first kappa shape index (κ1) is 26.0. The molecule has 0 heterocycles. The highest BCUT2D eigenvalue weighted by molar-refractivity contribution is 5.64. The van der Waals surface area contributed by atoms with E-state index >= 15 is 0 Å². The number of alkyl halides is 2. The van der Waals surface area contributed by atoms with Crippen LogP contribution in [0, 0.1) is 23.4 Å². The van der Waals surface area contributed by atoms with Crippen molar-refractivity contribution in [3.63, 3.8) is 0 Å². The maximum atomic E-state index is 14.1. The minimum atomic E-state index is -3.89. The SMILES string of the molecule is CCCC1CCC(c2ccc(-c3ccc(OCC(F)(F)Oc4cc(F)c(F)c(F)c4)cc3)cc2)CC1. The summed E-state index contributed by atoms with van der Waals surface area (Å²) in [5.74, 6) is -4.19. The average Bonchev–Trinajstić information content (AvgIpc) is 2.87. The van der Waals surface area contributed by atoms with Crippen molar-refractivity contribution in [2.45, 2.75) is 57.5 Å². The molecule has 1 aliphatic rings. The Bertz CT molecular complexity index is 1110. The lowest BCUT2D eigenvalue weighted by Gasteiger charge is -2.28. The van der Waals surface area contributed by atoms with Gasteiger partial charge in [0.1, 0.15) is 11.5 Å². The van der Waals surface area contributed by atoms with Gasteiger partial charge in [-0.25, -0.2) is 13.2 Å². The largest absolute Gasteiger partial charge is 0.483 e. The summed E-state index contributed by atoms with van der Waals surface area (Å²) in [7, 11) is 0. The normalized spacial score (nSPS) is 18.2. The first-order chi connectivity index (χ1) is 17.2. The number of rotatable bonds is 9. The third kappa shape index (κ3) is 6.56. The van der Waals surface area contributed by atoms with Gasteiger partial charge in [0.2, 0.25) is 0 Å². The maximum absolute atomic E-state index is 14.1. The monoisotopic (exact) mass is 504 g/mol. The molecule has 1 aliphatic carbocycles. The Kier molecular flexibility index (Phi) is 8.17. The summed E-state index contributed by atoms with van der Waals surface area (Å²) < 4.78 is 77.0. The summed E-state index contributed by atoms with van der Waals surface area (Å²) in [6.07, 6.45) is 3.74. The van der Waals surface area contributed by atoms with E-state index in [4.69, 9.17) is 4.74 Å². The number of ether oxygens (including phenoxy) is 2. The summed E-state index contributed by atoms with van der Waals surface area (Å²) in [5.41, 5.74) is 3.29. The Hall–Kier alpha value is -3.09. The molecular formula is C29H29F5O2. The lowest BCUT2D eigenvalue weighted by molar-refractivity contribution is -0.195. The maximum Gasteiger partial charge on any atom is 0.433 e. The fraction of sp³-hybridized carbons (Fsp3) is 0.379. The van der Waals surface area contributed by atoms with E-state index in [2.05, 4.69) is 35.9 Å². The Morgan fingerprint density at radius 3 is 1.89 bits per heavy atom. The molecule has 3 aromatic rings. The summed E-state index contributed by atoms with van der Waals surface area (Å²) in [6.45, 7) is 1.05. The van der Waals surface area contributed by atoms with Crippen molar-refractivity contribution in [2.75, 3.05) is 6.61 Å². The van der Waals surface area contributed by atoms with Crippen molar-refractivity contribution < 1.29 is 31.4 Å². The fourth-order valence-electron chi connectivity index (χ4n) is 4.84. The van der Waals surface area contributed by atoms with Crippen LogP contribution in [0.2, 0.25) is 0 Å². The summed E-state index contributed by atoms with van der Waals surface area (Å²) >= 11 is 0. The third-order valence-electron chi connectivity index (χ3n) is 6.74. The molecule has 192 valence electrons. The predicted octanol–water partition coefficient (Wildman–Crippen LogP) is 8.90. The van der Waals surface area contributed by atoms with Gasteiger partial charge >= 0.3 is 6.11 Å². The topological polar surface area (TPSA) is 18.5 Å². The molecule has 0 N–H and O–H groups in total. The summed E-state index contributed by atoms with van der Waals surface area (Å²) in [4.78, 5) is 0. The molecule has 2 nitrogen and oxygen atoms in total. The van der Waals surface area contributed by atoms with Gasteiger partial charge in [0, 0.05) is 12.1 Å². The van der Waals surface area contributed by atoms with Crippen LogP contribution in [0.25, 0.3) is 11.1 Å². The highest BCUT2D eigenvalue weighted by Gasteiger charge is 2.34. The van der Waals surface area contributed by atoms with Crippen LogP contribution in [0.3, 0.4) is 0 Å². The van der Waals surface area contributed by atoms with E-state index in [0.717, 1.165) is 17.0 Å². The lowest BCUT2D eigenvalue weighted by Crippen LogP contribution is -2.32. The third-order valence-corrected chi connectivity index (χ3v) is 6.74. The van der Waals surface area contributed by atoms with E-state index in [-0.39, 0.29) is 5.75 Å². The average molecular weight is 505 g/mol. The first-order valence-electron chi connectivity index (χ1n) is 12.3. The molecule has 3 aromatic carbocycles. The van der Waals surface area contributed by atoms with Crippen molar-refractivity contribution in [3.8, 4) is 22.6 Å². The van der Waals surface area contributed by atoms with Gasteiger partial charge in [-0.15, -0.1) is 0 Å². The summed E-state index contributed by atoms with van der Waals surface area (Å²) in [5, 5.41) is 0. The molecule has 0 radical (unpaired) electrons. The van der Waals surface area contributed by atoms with Gasteiger partial charge in [0.15, 0.2) is 24.1 Å². The van der Waals surface area contributed by atoms with E-state index in [1.54, 1.807) is 24.3 Å². The Balaban J connectivity index is 1.32. The zero-order valence-electron chi connectivity index (χ0n) is 20.1. The van der Waals surface area contributed by atoms with E-state index in [9.17, 15) is 22.0 Å². The second-order valence-electron chi connectivity index (χ2n) is 9.38. The lowest BCUT2D eigenvalue weighted by atomic mass is 9.77. The minimum Gasteiger partial charge on any atom is -0.483 e. The molecule has 1 saturated carbocycles. The first-order valence-corrected chi connectivity index (χ1v) is 12.3. The van der Waals surface area contributed by atoms with E-state index < -0.39 is 35.9 Å². The van der Waals surface area contributed by atoms with Crippen molar-refractivity contribution in [1.82, 2.24) is 0 Å². The number of halogens is 5. The van der Waals surface area contributed by atoms with Gasteiger partial charge in [0.05, 0.1) is 0 Å². The van der Waals surface area contributed by atoms with Gasteiger partial charge in [-0.1, -0.05) is 56.2 Å². The molecule has 0 unspecified atom stereocenters. The zero-order chi connectivity index (χ0) is 25.7. The van der Waals surface area contributed by atoms with Crippen molar-refractivity contribution in [1.29, 1.82) is 0 Å². The second-order valence-corrected chi connectivity index (χ2v) is 9.38. The quantitative estimate of drug-likeness (QED) is 0.214. The van der Waals surface area contributed by atoms with Gasteiger partial charge in [-0.2, -0.15) is 8.78 Å². The van der Waals surface area contributed by atoms with Gasteiger partial charge < -0.3 is 9.47 Å².